The van der Waals surface area contributed by atoms with Crippen LogP contribution in [0, 0.1) is 24.2 Å². The van der Waals surface area contributed by atoms with Crippen LogP contribution in [0.25, 0.3) is 0 Å². The lowest BCUT2D eigenvalue weighted by atomic mass is 10.00. The first kappa shape index (κ1) is 12.8. The Morgan fingerprint density at radius 2 is 2.17 bits per heavy atom. The Kier molecular flexibility index (Phi) is 4.11. The van der Waals surface area contributed by atoms with E-state index in [-0.39, 0.29) is 0 Å². The number of rotatable bonds is 3. The smallest absolute Gasteiger partial charge is 0.226 e. The predicted octanol–water partition coefficient (Wildman–Crippen LogP) is 1.52. The van der Waals surface area contributed by atoms with Crippen molar-refractivity contribution < 1.29 is 4.74 Å². The van der Waals surface area contributed by atoms with Gasteiger partial charge in [-0.2, -0.15) is 5.26 Å². The van der Waals surface area contributed by atoms with Crippen LogP contribution in [0.4, 0.5) is 5.95 Å². The molecule has 0 N–H and O–H groups in total. The summed E-state index contributed by atoms with van der Waals surface area (Å²) in [5.41, 5.74) is 1.26. The third kappa shape index (κ3) is 3.17. The zero-order valence-corrected chi connectivity index (χ0v) is 10.9. The summed E-state index contributed by atoms with van der Waals surface area (Å²) in [5, 5.41) is 8.91. The van der Waals surface area contributed by atoms with Crippen LogP contribution in [0.1, 0.15) is 24.2 Å². The molecule has 2 heterocycles. The maximum atomic E-state index is 8.91. The van der Waals surface area contributed by atoms with Gasteiger partial charge in [0.1, 0.15) is 11.8 Å². The quantitative estimate of drug-likeness (QED) is 0.809. The minimum Gasteiger partial charge on any atom is -0.381 e. The van der Waals surface area contributed by atoms with Crippen molar-refractivity contribution in [3.63, 3.8) is 0 Å². The van der Waals surface area contributed by atoms with Crippen LogP contribution >= 0.6 is 0 Å². The molecule has 5 heteroatoms. The molecule has 1 aliphatic rings. The van der Waals surface area contributed by atoms with Gasteiger partial charge >= 0.3 is 0 Å². The molecule has 1 fully saturated rings. The molecule has 1 aromatic rings. The van der Waals surface area contributed by atoms with Gasteiger partial charge in [-0.3, -0.25) is 0 Å². The standard InChI is InChI=1S/C13H18N4O/c1-10-7-12(8-14)16-13(15-10)17(2)9-11-3-5-18-6-4-11/h7,11H,3-6,9H2,1-2H3. The van der Waals surface area contributed by atoms with Gasteiger partial charge in [-0.25, -0.2) is 9.97 Å². The van der Waals surface area contributed by atoms with Gasteiger partial charge in [0, 0.05) is 32.5 Å². The number of aryl methyl sites for hydroxylation is 1. The summed E-state index contributed by atoms with van der Waals surface area (Å²) in [6, 6.07) is 3.77. The van der Waals surface area contributed by atoms with Crippen molar-refractivity contribution in [3.8, 4) is 6.07 Å². The van der Waals surface area contributed by atoms with E-state index in [1.165, 1.54) is 0 Å². The van der Waals surface area contributed by atoms with E-state index in [9.17, 15) is 0 Å². The number of hydrogen-bond acceptors (Lipinski definition) is 5. The molecule has 1 aromatic heterocycles. The number of anilines is 1. The van der Waals surface area contributed by atoms with Crippen molar-refractivity contribution in [1.82, 2.24) is 9.97 Å². The zero-order chi connectivity index (χ0) is 13.0. The highest BCUT2D eigenvalue weighted by atomic mass is 16.5. The molecule has 0 saturated carbocycles. The largest absolute Gasteiger partial charge is 0.381 e. The summed E-state index contributed by atoms with van der Waals surface area (Å²) >= 11 is 0. The Labute approximate surface area is 107 Å². The number of aromatic nitrogens is 2. The summed E-state index contributed by atoms with van der Waals surface area (Å²) in [6.07, 6.45) is 2.17. The van der Waals surface area contributed by atoms with Crippen LogP contribution < -0.4 is 4.90 Å². The number of nitriles is 1. The fraction of sp³-hybridized carbons (Fsp3) is 0.615. The monoisotopic (exact) mass is 246 g/mol. The molecule has 2 rings (SSSR count). The number of ether oxygens (including phenoxy) is 1. The SMILES string of the molecule is Cc1cc(C#N)nc(N(C)CC2CCOCC2)n1. The lowest BCUT2D eigenvalue weighted by Gasteiger charge is -2.27. The highest BCUT2D eigenvalue weighted by molar-refractivity contribution is 5.35. The Bertz CT molecular complexity index is 449. The zero-order valence-electron chi connectivity index (χ0n) is 10.9. The Morgan fingerprint density at radius 3 is 2.83 bits per heavy atom. The molecule has 0 bridgehead atoms. The molecule has 1 saturated heterocycles. The average molecular weight is 246 g/mol. The van der Waals surface area contributed by atoms with Gasteiger partial charge in [0.15, 0.2) is 0 Å². The third-order valence-electron chi connectivity index (χ3n) is 3.17. The van der Waals surface area contributed by atoms with E-state index < -0.39 is 0 Å². The topological polar surface area (TPSA) is 62.0 Å². The lowest BCUT2D eigenvalue weighted by Crippen LogP contribution is -2.30. The van der Waals surface area contributed by atoms with Crippen LogP contribution in [-0.2, 0) is 4.74 Å². The second-order valence-electron chi connectivity index (χ2n) is 4.74. The van der Waals surface area contributed by atoms with E-state index >= 15 is 0 Å². The molecule has 18 heavy (non-hydrogen) atoms. The summed E-state index contributed by atoms with van der Waals surface area (Å²) in [5.74, 6) is 1.26. The Balaban J connectivity index is 2.05. The van der Waals surface area contributed by atoms with Crippen LogP contribution in [0.3, 0.4) is 0 Å². The molecule has 96 valence electrons. The molecule has 0 spiro atoms. The van der Waals surface area contributed by atoms with Crippen molar-refractivity contribution in [2.24, 2.45) is 5.92 Å². The van der Waals surface area contributed by atoms with Crippen molar-refractivity contribution >= 4 is 5.95 Å². The lowest BCUT2D eigenvalue weighted by molar-refractivity contribution is 0.0684. The van der Waals surface area contributed by atoms with Gasteiger partial charge in [-0.05, 0) is 31.7 Å². The third-order valence-corrected chi connectivity index (χ3v) is 3.17. The number of hydrogen-bond donors (Lipinski definition) is 0. The Hall–Kier alpha value is -1.67. The van der Waals surface area contributed by atoms with E-state index in [1.54, 1.807) is 6.07 Å². The summed E-state index contributed by atoms with van der Waals surface area (Å²) < 4.78 is 5.35. The molecule has 0 atom stereocenters. The van der Waals surface area contributed by atoms with Crippen LogP contribution in [0.2, 0.25) is 0 Å². The van der Waals surface area contributed by atoms with Crippen LogP contribution in [0.15, 0.2) is 6.07 Å². The highest BCUT2D eigenvalue weighted by Gasteiger charge is 2.17. The van der Waals surface area contributed by atoms with E-state index in [2.05, 4.69) is 16.0 Å². The van der Waals surface area contributed by atoms with E-state index in [0.29, 0.717) is 17.6 Å². The van der Waals surface area contributed by atoms with Crippen molar-refractivity contribution in [2.45, 2.75) is 19.8 Å². The first-order valence-corrected chi connectivity index (χ1v) is 6.23. The van der Waals surface area contributed by atoms with Crippen molar-refractivity contribution in [2.75, 3.05) is 31.7 Å². The maximum Gasteiger partial charge on any atom is 0.226 e. The molecule has 0 radical (unpaired) electrons. The van der Waals surface area contributed by atoms with E-state index in [1.807, 2.05) is 18.9 Å². The molecular weight excluding hydrogens is 228 g/mol. The second-order valence-corrected chi connectivity index (χ2v) is 4.74. The molecule has 0 unspecified atom stereocenters. The first-order valence-electron chi connectivity index (χ1n) is 6.23. The molecule has 0 aliphatic carbocycles. The predicted molar refractivity (Wildman–Crippen MR) is 68.3 cm³/mol. The van der Waals surface area contributed by atoms with Gasteiger partial charge in [-0.1, -0.05) is 0 Å². The van der Waals surface area contributed by atoms with Crippen molar-refractivity contribution in [3.05, 3.63) is 17.5 Å². The van der Waals surface area contributed by atoms with Gasteiger partial charge in [0.2, 0.25) is 5.95 Å². The maximum absolute atomic E-state index is 8.91. The van der Waals surface area contributed by atoms with Gasteiger partial charge in [0.25, 0.3) is 0 Å². The Morgan fingerprint density at radius 1 is 1.44 bits per heavy atom. The molecule has 1 aliphatic heterocycles. The average Bonchev–Trinajstić information content (AvgIpc) is 2.39. The summed E-state index contributed by atoms with van der Waals surface area (Å²) in [7, 11) is 1.98. The summed E-state index contributed by atoms with van der Waals surface area (Å²) in [4.78, 5) is 10.7. The van der Waals surface area contributed by atoms with Crippen LogP contribution in [0.5, 0.6) is 0 Å². The first-order chi connectivity index (χ1) is 8.69. The van der Waals surface area contributed by atoms with Crippen molar-refractivity contribution in [1.29, 1.82) is 5.26 Å². The molecule has 0 aromatic carbocycles. The van der Waals surface area contributed by atoms with Gasteiger partial charge < -0.3 is 9.64 Å². The van der Waals surface area contributed by atoms with Gasteiger partial charge in [0.05, 0.1) is 0 Å². The molecule has 5 nitrogen and oxygen atoms in total. The minimum absolute atomic E-state index is 0.427. The fourth-order valence-electron chi connectivity index (χ4n) is 2.18. The van der Waals surface area contributed by atoms with E-state index in [4.69, 9.17) is 10.00 Å². The fourth-order valence-corrected chi connectivity index (χ4v) is 2.18. The van der Waals surface area contributed by atoms with Gasteiger partial charge in [-0.15, -0.1) is 0 Å². The molecular formula is C13H18N4O. The molecule has 0 amide bonds. The minimum atomic E-state index is 0.427. The summed E-state index contributed by atoms with van der Waals surface area (Å²) in [6.45, 7) is 4.49. The second kappa shape index (κ2) is 5.78. The van der Waals surface area contributed by atoms with Crippen LogP contribution in [-0.4, -0.2) is 36.8 Å². The normalized spacial score (nSPS) is 16.3. The highest BCUT2D eigenvalue weighted by Crippen LogP contribution is 2.18. The van der Waals surface area contributed by atoms with E-state index in [0.717, 1.165) is 38.3 Å². The number of nitrogens with zero attached hydrogens (tertiary/aromatic N) is 4.